The first-order valence-corrected chi connectivity index (χ1v) is 20.3. The maximum atomic E-state index is 11.5. The summed E-state index contributed by atoms with van der Waals surface area (Å²) in [5, 5.41) is 13.4. The van der Waals surface area contributed by atoms with Gasteiger partial charge in [-0.3, -0.25) is 0 Å². The van der Waals surface area contributed by atoms with Crippen LogP contribution in [-0.4, -0.2) is 33.7 Å². The van der Waals surface area contributed by atoms with Crippen LogP contribution in [0.1, 0.15) is 148 Å². The van der Waals surface area contributed by atoms with Gasteiger partial charge in [0, 0.05) is 25.5 Å². The van der Waals surface area contributed by atoms with Crippen LogP contribution in [0.3, 0.4) is 0 Å². The van der Waals surface area contributed by atoms with Crippen LogP contribution in [0.4, 0.5) is 0 Å². The van der Waals surface area contributed by atoms with E-state index in [9.17, 15) is 9.90 Å². The van der Waals surface area contributed by atoms with Crippen molar-refractivity contribution >= 4 is 11.5 Å². The van der Waals surface area contributed by atoms with Gasteiger partial charge in [-0.25, -0.2) is 9.78 Å². The monoisotopic (exact) mass is 684 g/mol. The van der Waals surface area contributed by atoms with Gasteiger partial charge in [0.15, 0.2) is 0 Å². The van der Waals surface area contributed by atoms with E-state index in [1.807, 2.05) is 18.3 Å². The molecule has 0 aliphatic heterocycles. The van der Waals surface area contributed by atoms with Crippen LogP contribution in [0.25, 0.3) is 5.57 Å². The highest BCUT2D eigenvalue weighted by Crippen LogP contribution is 2.77. The number of aromatic carboxylic acids is 1. The van der Waals surface area contributed by atoms with E-state index in [-0.39, 0.29) is 5.41 Å². The van der Waals surface area contributed by atoms with Gasteiger partial charge in [0.25, 0.3) is 0 Å². The summed E-state index contributed by atoms with van der Waals surface area (Å²) in [4.78, 5) is 15.9. The van der Waals surface area contributed by atoms with Crippen LogP contribution in [0.15, 0.2) is 42.7 Å². The molecule has 50 heavy (non-hydrogen) atoms. The van der Waals surface area contributed by atoms with Gasteiger partial charge in [0.1, 0.15) is 5.82 Å². The Kier molecular flexibility index (Phi) is 10.4. The number of imidazole rings is 1. The Morgan fingerprint density at radius 3 is 2.30 bits per heavy atom. The molecule has 276 valence electrons. The quantitative estimate of drug-likeness (QED) is 0.272. The summed E-state index contributed by atoms with van der Waals surface area (Å²) in [6.07, 6.45) is 21.5. The molecular formula is C45H69N3O2. The van der Waals surface area contributed by atoms with E-state index in [1.54, 1.807) is 12.1 Å². The average Bonchev–Trinajstić information content (AvgIpc) is 3.67. The normalized spacial score (nSPS) is 37.0. The zero-order chi connectivity index (χ0) is 36.1. The Bertz CT molecular complexity index is 1530. The molecule has 6 unspecified atom stereocenters. The molecular weight excluding hydrogens is 615 g/mol. The van der Waals surface area contributed by atoms with Crippen LogP contribution in [0.2, 0.25) is 0 Å². The Balaban J connectivity index is 0.00000103. The van der Waals surface area contributed by atoms with Crippen molar-refractivity contribution in [3.63, 3.8) is 0 Å². The SMILES string of the molecule is CC(C)C.Cc1nccn1CCCNC[C@]12CCCC1C1CCC3C4(C)CC=C(c5ccc(C(=O)O)cc5)C(C)(C)C4CCC3(C)[C@]1(C)CC2. The molecule has 0 bridgehead atoms. The molecule has 5 aliphatic carbocycles. The highest BCUT2D eigenvalue weighted by molar-refractivity contribution is 5.88. The maximum Gasteiger partial charge on any atom is 0.335 e. The second-order valence-corrected chi connectivity index (χ2v) is 19.4. The first-order chi connectivity index (χ1) is 23.6. The zero-order valence-corrected chi connectivity index (χ0v) is 33.1. The van der Waals surface area contributed by atoms with Gasteiger partial charge in [-0.2, -0.15) is 0 Å². The van der Waals surface area contributed by atoms with Crippen molar-refractivity contribution in [3.05, 3.63) is 59.7 Å². The van der Waals surface area contributed by atoms with Crippen molar-refractivity contribution in [2.24, 2.45) is 56.7 Å². The van der Waals surface area contributed by atoms with Crippen molar-refractivity contribution in [3.8, 4) is 0 Å². The van der Waals surface area contributed by atoms with Gasteiger partial charge in [0.05, 0.1) is 5.56 Å². The maximum absolute atomic E-state index is 11.5. The minimum atomic E-state index is -0.850. The number of carboxylic acid groups (broad SMARTS) is 1. The summed E-state index contributed by atoms with van der Waals surface area (Å²) in [7, 11) is 0. The lowest BCUT2D eigenvalue weighted by Gasteiger charge is -2.72. The molecule has 0 spiro atoms. The standard InChI is InChI=1S/C41H59N3O2.C4H10/c1-28-43-24-26-44(28)25-8-23-42-27-41-18-7-9-33(41)32-14-15-35-38(4)19-16-31(29-10-12-30(13-11-29)36(45)46)37(2,3)34(38)17-20-40(35,6)39(32,5)21-22-41;1-4(2)3/h10-13,16,24,26,32-35,42H,7-9,14-15,17-23,25,27H2,1-6H3,(H,45,46);4H,1-3H3/t32?,33?,34?,35?,38?,39-,40?,41-;/m1./s1. The summed E-state index contributed by atoms with van der Waals surface area (Å²) in [6, 6.07) is 7.66. The van der Waals surface area contributed by atoms with Crippen LogP contribution in [0.5, 0.6) is 0 Å². The number of nitrogens with zero attached hydrogens (tertiary/aromatic N) is 2. The van der Waals surface area contributed by atoms with E-state index in [1.165, 1.54) is 81.9 Å². The predicted octanol–water partition coefficient (Wildman–Crippen LogP) is 11.1. The van der Waals surface area contributed by atoms with Gasteiger partial charge in [-0.1, -0.05) is 80.0 Å². The molecule has 5 aliphatic rings. The average molecular weight is 684 g/mol. The van der Waals surface area contributed by atoms with Gasteiger partial charge in [-0.15, -0.1) is 0 Å². The number of nitrogens with one attached hydrogen (secondary N) is 1. The molecule has 4 saturated carbocycles. The topological polar surface area (TPSA) is 67.2 Å². The predicted molar refractivity (Wildman–Crippen MR) is 207 cm³/mol. The van der Waals surface area contributed by atoms with Gasteiger partial charge in [0.2, 0.25) is 0 Å². The number of fused-ring (bicyclic) bond motifs is 7. The number of aromatic nitrogens is 2. The van der Waals surface area contributed by atoms with Crippen LogP contribution in [-0.2, 0) is 6.54 Å². The van der Waals surface area contributed by atoms with Gasteiger partial charge >= 0.3 is 5.97 Å². The van der Waals surface area contributed by atoms with E-state index in [0.717, 1.165) is 49.0 Å². The number of carboxylic acids is 1. The van der Waals surface area contributed by atoms with E-state index in [2.05, 4.69) is 89.5 Å². The minimum Gasteiger partial charge on any atom is -0.478 e. The Morgan fingerprint density at radius 2 is 1.64 bits per heavy atom. The molecule has 1 aromatic heterocycles. The summed E-state index contributed by atoms with van der Waals surface area (Å²) < 4.78 is 2.28. The molecule has 5 nitrogen and oxygen atoms in total. The number of hydrogen-bond donors (Lipinski definition) is 2. The van der Waals surface area contributed by atoms with Gasteiger partial charge < -0.3 is 15.0 Å². The van der Waals surface area contributed by atoms with Crippen molar-refractivity contribution in [1.82, 2.24) is 14.9 Å². The smallest absolute Gasteiger partial charge is 0.335 e. The summed E-state index contributed by atoms with van der Waals surface area (Å²) in [5.74, 6) is 4.23. The first-order valence-electron chi connectivity index (χ1n) is 20.3. The molecule has 2 aromatic rings. The number of hydrogen-bond acceptors (Lipinski definition) is 3. The summed E-state index contributed by atoms with van der Waals surface area (Å²) in [5.41, 5.74) is 4.67. The lowest BCUT2D eigenvalue weighted by atomic mass is 9.32. The highest BCUT2D eigenvalue weighted by Gasteiger charge is 2.69. The summed E-state index contributed by atoms with van der Waals surface area (Å²) in [6.45, 7) is 25.1. The van der Waals surface area contributed by atoms with Crippen molar-refractivity contribution in [1.29, 1.82) is 0 Å². The number of carbonyl (C=O) groups is 1. The number of rotatable bonds is 8. The number of benzene rings is 1. The third-order valence-electron chi connectivity index (χ3n) is 15.7. The van der Waals surface area contributed by atoms with E-state index in [4.69, 9.17) is 0 Å². The molecule has 0 radical (unpaired) electrons. The van der Waals surface area contributed by atoms with Crippen LogP contribution >= 0.6 is 0 Å². The fraction of sp³-hybridized carbons (Fsp3) is 0.733. The van der Waals surface area contributed by atoms with Crippen molar-refractivity contribution in [2.75, 3.05) is 13.1 Å². The molecule has 0 saturated heterocycles. The third kappa shape index (κ3) is 6.24. The second-order valence-electron chi connectivity index (χ2n) is 19.4. The Labute approximate surface area is 304 Å². The molecule has 7 rings (SSSR count). The molecule has 5 heteroatoms. The van der Waals surface area contributed by atoms with E-state index in [0.29, 0.717) is 33.1 Å². The zero-order valence-electron chi connectivity index (χ0n) is 33.1. The van der Waals surface area contributed by atoms with Crippen LogP contribution < -0.4 is 5.32 Å². The first kappa shape index (κ1) is 37.4. The molecule has 2 N–H and O–H groups in total. The minimum absolute atomic E-state index is 0.0617. The lowest BCUT2D eigenvalue weighted by molar-refractivity contribution is -0.222. The Morgan fingerprint density at radius 1 is 0.920 bits per heavy atom. The van der Waals surface area contributed by atoms with Crippen molar-refractivity contribution < 1.29 is 9.90 Å². The number of aryl methyl sites for hydroxylation is 2. The summed E-state index contributed by atoms with van der Waals surface area (Å²) >= 11 is 0. The van der Waals surface area contributed by atoms with Crippen LogP contribution in [0, 0.1) is 63.6 Å². The highest BCUT2D eigenvalue weighted by atomic mass is 16.4. The fourth-order valence-electron chi connectivity index (χ4n) is 13.3. The lowest BCUT2D eigenvalue weighted by Crippen LogP contribution is -2.65. The third-order valence-corrected chi connectivity index (χ3v) is 15.7. The van der Waals surface area contributed by atoms with Gasteiger partial charge in [-0.05, 0) is 158 Å². The van der Waals surface area contributed by atoms with E-state index < -0.39 is 5.97 Å². The molecule has 4 fully saturated rings. The molecule has 0 amide bonds. The fourth-order valence-corrected chi connectivity index (χ4v) is 13.3. The molecule has 8 atom stereocenters. The molecule has 1 heterocycles. The number of allylic oxidation sites excluding steroid dienone is 2. The second kappa shape index (κ2) is 13.9. The Hall–Kier alpha value is -2.40. The largest absolute Gasteiger partial charge is 0.478 e. The van der Waals surface area contributed by atoms with Crippen molar-refractivity contribution in [2.45, 2.75) is 139 Å². The van der Waals surface area contributed by atoms with E-state index >= 15 is 0 Å². The molecule has 1 aromatic carbocycles.